The molecular weight excluding hydrogens is 559 g/mol. The zero-order valence-electron chi connectivity index (χ0n) is 18.9. The van der Waals surface area contributed by atoms with Crippen molar-refractivity contribution in [3.05, 3.63) is 93.6 Å². The Labute approximate surface area is 215 Å². The lowest BCUT2D eigenvalue weighted by Crippen LogP contribution is -2.45. The van der Waals surface area contributed by atoms with E-state index in [4.69, 9.17) is 0 Å². The third kappa shape index (κ3) is 6.67. The van der Waals surface area contributed by atoms with Crippen LogP contribution in [-0.2, 0) is 21.2 Å². The summed E-state index contributed by atoms with van der Waals surface area (Å²) in [7, 11) is -3.87. The van der Waals surface area contributed by atoms with Crippen LogP contribution in [0.5, 0.6) is 0 Å². The minimum Gasteiger partial charge on any atom is -0.325 e. The molecule has 5 nitrogen and oxygen atoms in total. The van der Waals surface area contributed by atoms with E-state index in [2.05, 4.69) is 44.8 Å². The molecule has 0 unspecified atom stereocenters. The largest absolute Gasteiger partial charge is 0.325 e. The van der Waals surface area contributed by atoms with Crippen molar-refractivity contribution in [2.24, 2.45) is 0 Å². The third-order valence-electron chi connectivity index (χ3n) is 6.28. The van der Waals surface area contributed by atoms with Gasteiger partial charge >= 0.3 is 0 Å². The van der Waals surface area contributed by atoms with Crippen molar-refractivity contribution >= 4 is 44.2 Å². The Balaban J connectivity index is 1.51. The zero-order valence-corrected chi connectivity index (χ0v) is 21.9. The average molecular weight is 589 g/mol. The number of nitrogens with one attached hydrogen (secondary N) is 2. The highest BCUT2D eigenvalue weighted by atomic mass is 127. The SMILES string of the molecule is O=C(Nc1ccc(C2CCCCC2)cc1)[C@H](Cc1ccccc1)NS(=O)(=O)c1ccc(I)cc1. The fourth-order valence-electron chi connectivity index (χ4n) is 4.41. The van der Waals surface area contributed by atoms with Gasteiger partial charge in [-0.1, -0.05) is 61.7 Å². The van der Waals surface area contributed by atoms with Crippen molar-refractivity contribution in [2.45, 2.75) is 55.4 Å². The Hall–Kier alpha value is -2.23. The molecule has 4 rings (SSSR count). The molecule has 1 amide bonds. The molecule has 0 bridgehead atoms. The van der Waals surface area contributed by atoms with Gasteiger partial charge in [0.15, 0.2) is 0 Å². The first-order valence-electron chi connectivity index (χ1n) is 11.6. The molecule has 0 saturated heterocycles. The minimum absolute atomic E-state index is 0.135. The molecule has 1 aliphatic rings. The number of anilines is 1. The molecule has 1 aliphatic carbocycles. The van der Waals surface area contributed by atoms with Gasteiger partial charge in [-0.3, -0.25) is 4.79 Å². The van der Waals surface area contributed by atoms with E-state index in [0.29, 0.717) is 11.6 Å². The molecule has 0 radical (unpaired) electrons. The molecule has 1 saturated carbocycles. The Morgan fingerprint density at radius 1 is 0.882 bits per heavy atom. The van der Waals surface area contributed by atoms with E-state index < -0.39 is 16.1 Å². The second kappa shape index (κ2) is 11.5. The van der Waals surface area contributed by atoms with Gasteiger partial charge < -0.3 is 5.32 Å². The maximum Gasteiger partial charge on any atom is 0.242 e. The second-order valence-corrected chi connectivity index (χ2v) is 11.7. The lowest BCUT2D eigenvalue weighted by Gasteiger charge is -2.22. The Morgan fingerprint density at radius 2 is 1.53 bits per heavy atom. The first-order valence-corrected chi connectivity index (χ1v) is 14.2. The maximum absolute atomic E-state index is 13.2. The molecule has 0 heterocycles. The van der Waals surface area contributed by atoms with E-state index in [1.165, 1.54) is 37.7 Å². The van der Waals surface area contributed by atoms with Crippen molar-refractivity contribution in [3.63, 3.8) is 0 Å². The van der Waals surface area contributed by atoms with E-state index in [9.17, 15) is 13.2 Å². The van der Waals surface area contributed by atoms with Crippen molar-refractivity contribution in [2.75, 3.05) is 5.32 Å². The number of hydrogen-bond donors (Lipinski definition) is 2. The number of rotatable bonds is 8. The van der Waals surface area contributed by atoms with Crippen LogP contribution in [0.4, 0.5) is 5.69 Å². The highest BCUT2D eigenvalue weighted by molar-refractivity contribution is 14.1. The van der Waals surface area contributed by atoms with Crippen molar-refractivity contribution in [1.29, 1.82) is 0 Å². The highest BCUT2D eigenvalue weighted by Gasteiger charge is 2.26. The van der Waals surface area contributed by atoms with Crippen molar-refractivity contribution in [1.82, 2.24) is 4.72 Å². The van der Waals surface area contributed by atoms with E-state index in [-0.39, 0.29) is 17.2 Å². The first-order chi connectivity index (χ1) is 16.4. The van der Waals surface area contributed by atoms with Gasteiger partial charge in [-0.15, -0.1) is 0 Å². The van der Waals surface area contributed by atoms with E-state index >= 15 is 0 Å². The van der Waals surface area contributed by atoms with Crippen LogP contribution in [0.2, 0.25) is 0 Å². The highest BCUT2D eigenvalue weighted by Crippen LogP contribution is 2.33. The van der Waals surface area contributed by atoms with Gasteiger partial charge in [0.2, 0.25) is 15.9 Å². The van der Waals surface area contributed by atoms with E-state index in [0.717, 1.165) is 9.13 Å². The van der Waals surface area contributed by atoms with Crippen LogP contribution in [0.15, 0.2) is 83.8 Å². The number of carbonyl (C=O) groups excluding carboxylic acids is 1. The van der Waals surface area contributed by atoms with Crippen LogP contribution in [0, 0.1) is 3.57 Å². The van der Waals surface area contributed by atoms with Gasteiger partial charge in [-0.25, -0.2) is 8.42 Å². The normalized spacial score (nSPS) is 15.6. The van der Waals surface area contributed by atoms with E-state index in [1.807, 2.05) is 42.5 Å². The van der Waals surface area contributed by atoms with Crippen LogP contribution in [-0.4, -0.2) is 20.4 Å². The smallest absolute Gasteiger partial charge is 0.242 e. The Kier molecular flexibility index (Phi) is 8.39. The number of benzene rings is 3. The van der Waals surface area contributed by atoms with Gasteiger partial charge in [-0.05, 0) is 95.3 Å². The summed E-state index contributed by atoms with van der Waals surface area (Å²) in [6, 6.07) is 23.0. The Bertz CT molecular complexity index is 1190. The molecule has 1 fully saturated rings. The maximum atomic E-state index is 13.2. The summed E-state index contributed by atoms with van der Waals surface area (Å²) < 4.78 is 29.6. The summed E-state index contributed by atoms with van der Waals surface area (Å²) in [6.45, 7) is 0. The van der Waals surface area contributed by atoms with Gasteiger partial charge in [0.1, 0.15) is 6.04 Å². The molecule has 34 heavy (non-hydrogen) atoms. The third-order valence-corrected chi connectivity index (χ3v) is 8.48. The molecule has 0 aromatic heterocycles. The first kappa shape index (κ1) is 24.9. The lowest BCUT2D eigenvalue weighted by atomic mass is 9.84. The van der Waals surface area contributed by atoms with Gasteiger partial charge in [0, 0.05) is 9.26 Å². The summed E-state index contributed by atoms with van der Waals surface area (Å²) >= 11 is 2.13. The lowest BCUT2D eigenvalue weighted by molar-refractivity contribution is -0.117. The van der Waals surface area contributed by atoms with Crippen molar-refractivity contribution in [3.8, 4) is 0 Å². The van der Waals surface area contributed by atoms with Crippen LogP contribution in [0.1, 0.15) is 49.1 Å². The predicted molar refractivity (Wildman–Crippen MR) is 144 cm³/mol. The number of amides is 1. The summed E-state index contributed by atoms with van der Waals surface area (Å²) in [6.07, 6.45) is 6.52. The van der Waals surface area contributed by atoms with Crippen LogP contribution < -0.4 is 10.0 Å². The molecule has 178 valence electrons. The molecule has 3 aromatic rings. The van der Waals surface area contributed by atoms with Gasteiger partial charge in [-0.2, -0.15) is 4.72 Å². The molecule has 7 heteroatoms. The average Bonchev–Trinajstić information content (AvgIpc) is 2.85. The molecule has 1 atom stereocenters. The number of halogens is 1. The van der Waals surface area contributed by atoms with Crippen LogP contribution in [0.25, 0.3) is 0 Å². The standard InChI is InChI=1S/C27H29IN2O3S/c28-23-13-17-25(18-14-23)34(32,33)30-26(19-20-7-3-1-4-8-20)27(31)29-24-15-11-22(12-16-24)21-9-5-2-6-10-21/h1,3-4,7-8,11-18,21,26,30H,2,5-6,9-10,19H2,(H,29,31)/t26-/m0/s1. The summed E-state index contributed by atoms with van der Waals surface area (Å²) in [5.41, 5.74) is 2.84. The van der Waals surface area contributed by atoms with Gasteiger partial charge in [0.25, 0.3) is 0 Å². The molecule has 0 spiro atoms. The number of sulfonamides is 1. The molecular formula is C27H29IN2O3S. The topological polar surface area (TPSA) is 75.3 Å². The van der Waals surface area contributed by atoms with Gasteiger partial charge in [0.05, 0.1) is 4.90 Å². The molecule has 3 aromatic carbocycles. The van der Waals surface area contributed by atoms with Crippen LogP contribution in [0.3, 0.4) is 0 Å². The summed E-state index contributed by atoms with van der Waals surface area (Å²) in [4.78, 5) is 13.4. The predicted octanol–water partition coefficient (Wildman–Crippen LogP) is 5.87. The molecule has 0 aliphatic heterocycles. The fourth-order valence-corrected chi connectivity index (χ4v) is 5.97. The zero-order chi connectivity index (χ0) is 24.0. The fraction of sp³-hybridized carbons (Fsp3) is 0.296. The summed E-state index contributed by atoms with van der Waals surface area (Å²) in [5.74, 6) is 0.202. The summed E-state index contributed by atoms with van der Waals surface area (Å²) in [5, 5.41) is 2.91. The number of carbonyl (C=O) groups is 1. The number of hydrogen-bond acceptors (Lipinski definition) is 3. The quantitative estimate of drug-likeness (QED) is 0.324. The van der Waals surface area contributed by atoms with Crippen LogP contribution >= 0.6 is 22.6 Å². The monoisotopic (exact) mass is 588 g/mol. The van der Waals surface area contributed by atoms with Crippen molar-refractivity contribution < 1.29 is 13.2 Å². The minimum atomic E-state index is -3.87. The Morgan fingerprint density at radius 3 is 2.18 bits per heavy atom. The van der Waals surface area contributed by atoms with E-state index in [1.54, 1.807) is 24.3 Å². The molecule has 2 N–H and O–H groups in total. The second-order valence-electron chi connectivity index (χ2n) is 8.76.